The molecule has 0 unspecified atom stereocenters. The number of para-hydroxylation sites is 1. The Morgan fingerprint density at radius 3 is 2.85 bits per heavy atom. The lowest BCUT2D eigenvalue weighted by atomic mass is 10.1. The molecule has 0 saturated heterocycles. The van der Waals surface area contributed by atoms with Gasteiger partial charge in [-0.15, -0.1) is 11.8 Å². The first kappa shape index (κ1) is 13.1. The van der Waals surface area contributed by atoms with Crippen molar-refractivity contribution >= 4 is 34.1 Å². The van der Waals surface area contributed by atoms with Gasteiger partial charge in [0.15, 0.2) is 0 Å². The summed E-state index contributed by atoms with van der Waals surface area (Å²) in [5, 5.41) is 5.80. The van der Waals surface area contributed by atoms with Gasteiger partial charge in [0, 0.05) is 21.9 Å². The summed E-state index contributed by atoms with van der Waals surface area (Å²) in [5.41, 5.74) is 3.11. The molecule has 1 aliphatic rings. The second-order valence-corrected chi connectivity index (χ2v) is 5.85. The molecule has 2 heterocycles. The highest BCUT2D eigenvalue weighted by atomic mass is 32.2. The van der Waals surface area contributed by atoms with Crippen molar-refractivity contribution in [3.05, 3.63) is 71.3 Å². The van der Waals surface area contributed by atoms with Gasteiger partial charge in [0.2, 0.25) is 0 Å². The zero-order valence-electron chi connectivity index (χ0n) is 11.4. The summed E-state index contributed by atoms with van der Waals surface area (Å²) in [6.45, 7) is 8.24. The molecule has 0 bridgehead atoms. The Bertz CT molecular complexity index is 821. The van der Waals surface area contributed by atoms with Crippen LogP contribution in [0, 0.1) is 0 Å². The largest absolute Gasteiger partial charge is 0.354 e. The predicted octanol–water partition coefficient (Wildman–Crippen LogP) is 3.49. The van der Waals surface area contributed by atoms with Gasteiger partial charge in [-0.1, -0.05) is 43.5 Å². The van der Waals surface area contributed by atoms with E-state index in [9.17, 15) is 0 Å². The van der Waals surface area contributed by atoms with Crippen LogP contribution >= 0.6 is 11.8 Å². The van der Waals surface area contributed by atoms with Crippen LogP contribution in [0.3, 0.4) is 0 Å². The van der Waals surface area contributed by atoms with E-state index < -0.39 is 0 Å². The minimum absolute atomic E-state index is 0.965. The van der Waals surface area contributed by atoms with Crippen LogP contribution in [0.15, 0.2) is 60.7 Å². The van der Waals surface area contributed by atoms with E-state index in [0.29, 0.717) is 0 Å². The molecule has 0 saturated carbocycles. The number of thioether (sulfide) groups is 1. The summed E-state index contributed by atoms with van der Waals surface area (Å²) in [5.74, 6) is 1.07. The van der Waals surface area contributed by atoms with Gasteiger partial charge < -0.3 is 4.98 Å². The molecule has 20 heavy (non-hydrogen) atoms. The number of rotatable bonds is 0. The van der Waals surface area contributed by atoms with Crippen LogP contribution in [0.4, 0.5) is 0 Å². The first-order chi connectivity index (χ1) is 9.75. The van der Waals surface area contributed by atoms with E-state index in [2.05, 4.69) is 66.0 Å². The molecule has 1 aliphatic heterocycles. The van der Waals surface area contributed by atoms with Gasteiger partial charge in [0.05, 0.1) is 5.35 Å². The van der Waals surface area contributed by atoms with Gasteiger partial charge in [-0.25, -0.2) is 0 Å². The fourth-order valence-electron chi connectivity index (χ4n) is 2.31. The smallest absolute Gasteiger partial charge is 0.0529 e. The molecule has 0 spiro atoms. The Hall–Kier alpha value is -1.93. The molecule has 0 radical (unpaired) electrons. The van der Waals surface area contributed by atoms with Crippen molar-refractivity contribution in [2.24, 2.45) is 0 Å². The molecular weight excluding hydrogens is 262 g/mol. The normalized spacial score (nSPS) is 21.2. The lowest BCUT2D eigenvalue weighted by Gasteiger charge is -1.98. The number of aromatic nitrogens is 1. The van der Waals surface area contributed by atoms with E-state index >= 15 is 0 Å². The van der Waals surface area contributed by atoms with E-state index in [1.165, 1.54) is 10.6 Å². The predicted molar refractivity (Wildman–Crippen MR) is 91.0 cm³/mol. The summed E-state index contributed by atoms with van der Waals surface area (Å²) in [7, 11) is 0. The molecule has 0 aliphatic carbocycles. The molecule has 0 amide bonds. The maximum absolute atomic E-state index is 4.14. The molecule has 1 aromatic heterocycles. The van der Waals surface area contributed by atoms with Crippen LogP contribution in [0.2, 0.25) is 0 Å². The highest BCUT2D eigenvalue weighted by Crippen LogP contribution is 2.13. The van der Waals surface area contributed by atoms with E-state index in [-0.39, 0.29) is 0 Å². The standard InChI is InChI=1S/C18H17NS/c1-13-7-5-6-10-20-12-18-16(11-14(13)2)15-8-3-4-9-17(15)19-18/h3-5,7-9,11-12,19H,1-2,6,10H2/b7-5-,16-11-,18-12+. The van der Waals surface area contributed by atoms with E-state index in [1.54, 1.807) is 0 Å². The van der Waals surface area contributed by atoms with E-state index in [4.69, 9.17) is 0 Å². The maximum atomic E-state index is 4.14. The molecule has 1 N–H and O–H groups in total. The van der Waals surface area contributed by atoms with Crippen molar-refractivity contribution in [3.63, 3.8) is 0 Å². The Morgan fingerprint density at radius 2 is 1.95 bits per heavy atom. The minimum atomic E-state index is 0.965. The minimum Gasteiger partial charge on any atom is -0.354 e. The fraction of sp³-hybridized carbons (Fsp3) is 0.111. The molecule has 2 aromatic rings. The van der Waals surface area contributed by atoms with Crippen molar-refractivity contribution in [3.8, 4) is 0 Å². The average Bonchev–Trinajstić information content (AvgIpc) is 2.79. The molecule has 2 heteroatoms. The van der Waals surface area contributed by atoms with Crippen LogP contribution in [0.1, 0.15) is 6.42 Å². The SMILES string of the molecule is C=C1/C=C\CCS/C=c2/[nH]c3ccccc3/c2=C/C1=C. The number of hydrogen-bond donors (Lipinski definition) is 1. The van der Waals surface area contributed by atoms with Gasteiger partial charge in [-0.05, 0) is 35.1 Å². The topological polar surface area (TPSA) is 15.8 Å². The first-order valence-corrected chi connectivity index (χ1v) is 7.75. The summed E-state index contributed by atoms with van der Waals surface area (Å²) in [6, 6.07) is 8.38. The number of H-pyrrole nitrogens is 1. The Balaban J connectivity index is 2.30. The van der Waals surface area contributed by atoms with Gasteiger partial charge >= 0.3 is 0 Å². The summed E-state index contributed by atoms with van der Waals surface area (Å²) in [6.07, 6.45) is 7.41. The van der Waals surface area contributed by atoms with Gasteiger partial charge in [-0.3, -0.25) is 0 Å². The van der Waals surface area contributed by atoms with Gasteiger partial charge in [0.1, 0.15) is 0 Å². The van der Waals surface area contributed by atoms with Crippen LogP contribution in [-0.2, 0) is 0 Å². The summed E-state index contributed by atoms with van der Waals surface area (Å²) < 4.78 is 0. The van der Waals surface area contributed by atoms with Crippen molar-refractivity contribution < 1.29 is 0 Å². The zero-order chi connectivity index (χ0) is 13.9. The van der Waals surface area contributed by atoms with E-state index in [1.807, 2.05) is 11.8 Å². The third-order valence-electron chi connectivity index (χ3n) is 3.43. The number of nitrogens with one attached hydrogen (secondary N) is 1. The molecule has 0 atom stereocenters. The number of aromatic amines is 1. The third kappa shape index (κ3) is 2.52. The molecule has 1 aromatic carbocycles. The highest BCUT2D eigenvalue weighted by Gasteiger charge is 2.02. The number of fused-ring (bicyclic) bond motifs is 3. The molecule has 1 nitrogen and oxygen atoms in total. The zero-order valence-corrected chi connectivity index (χ0v) is 12.2. The first-order valence-electron chi connectivity index (χ1n) is 6.71. The Morgan fingerprint density at radius 1 is 1.10 bits per heavy atom. The lowest BCUT2D eigenvalue weighted by Crippen LogP contribution is -2.22. The number of benzene rings is 1. The maximum Gasteiger partial charge on any atom is 0.0529 e. The van der Waals surface area contributed by atoms with Crippen LogP contribution in [-0.4, -0.2) is 10.7 Å². The van der Waals surface area contributed by atoms with Gasteiger partial charge in [-0.2, -0.15) is 0 Å². The second kappa shape index (κ2) is 5.59. The van der Waals surface area contributed by atoms with Crippen molar-refractivity contribution in [1.29, 1.82) is 0 Å². The summed E-state index contributed by atoms with van der Waals surface area (Å²) >= 11 is 1.83. The fourth-order valence-corrected chi connectivity index (χ4v) is 3.05. The molecule has 100 valence electrons. The molecule has 0 fully saturated rings. The molecule has 3 rings (SSSR count). The quantitative estimate of drug-likeness (QED) is 0.780. The van der Waals surface area contributed by atoms with E-state index in [0.717, 1.165) is 34.2 Å². The average molecular weight is 279 g/mol. The molecular formula is C18H17NS. The van der Waals surface area contributed by atoms with Crippen molar-refractivity contribution in [2.75, 3.05) is 5.75 Å². The van der Waals surface area contributed by atoms with Crippen molar-refractivity contribution in [1.82, 2.24) is 4.98 Å². The Kier molecular flexibility index (Phi) is 3.66. The number of allylic oxidation sites excluding steroid dienone is 4. The number of hydrogen-bond acceptors (Lipinski definition) is 1. The van der Waals surface area contributed by atoms with Crippen molar-refractivity contribution in [2.45, 2.75) is 6.42 Å². The third-order valence-corrected chi connectivity index (χ3v) is 4.30. The van der Waals surface area contributed by atoms with Crippen LogP contribution < -0.4 is 10.6 Å². The second-order valence-electron chi connectivity index (χ2n) is 4.87. The van der Waals surface area contributed by atoms with Crippen LogP contribution in [0.25, 0.3) is 22.4 Å². The monoisotopic (exact) mass is 279 g/mol. The lowest BCUT2D eigenvalue weighted by molar-refractivity contribution is 1.25. The highest BCUT2D eigenvalue weighted by molar-refractivity contribution is 8.06. The summed E-state index contributed by atoms with van der Waals surface area (Å²) in [4.78, 5) is 3.49. The van der Waals surface area contributed by atoms with Gasteiger partial charge in [0.25, 0.3) is 0 Å². The Labute approximate surface area is 123 Å². The van der Waals surface area contributed by atoms with Crippen LogP contribution in [0.5, 0.6) is 0 Å².